The zero-order chi connectivity index (χ0) is 13.8. The van der Waals surface area contributed by atoms with E-state index in [1.165, 1.54) is 4.90 Å². The molecule has 5 heteroatoms. The molecule has 0 aromatic heterocycles. The minimum atomic E-state index is -0.911. The van der Waals surface area contributed by atoms with Gasteiger partial charge in [-0.3, -0.25) is 4.79 Å². The Labute approximate surface area is 116 Å². The number of hydrogen-bond acceptors (Lipinski definition) is 3. The monoisotopic (exact) mass is 279 g/mol. The molecule has 102 valence electrons. The first-order valence-corrected chi connectivity index (χ1v) is 7.64. The number of carboxylic acid groups (broad SMARTS) is 1. The lowest BCUT2D eigenvalue weighted by Crippen LogP contribution is -2.40. The summed E-state index contributed by atoms with van der Waals surface area (Å²) >= 11 is 1.69. The van der Waals surface area contributed by atoms with Crippen LogP contribution in [0.15, 0.2) is 24.3 Å². The van der Waals surface area contributed by atoms with E-state index in [9.17, 15) is 9.59 Å². The summed E-state index contributed by atoms with van der Waals surface area (Å²) in [6.45, 7) is 0.530. The van der Waals surface area contributed by atoms with Crippen LogP contribution in [0, 0.1) is 0 Å². The molecular weight excluding hydrogens is 262 g/mol. The van der Waals surface area contributed by atoms with Crippen molar-refractivity contribution in [2.45, 2.75) is 24.6 Å². The normalized spacial score (nSPS) is 18.6. The van der Waals surface area contributed by atoms with E-state index in [0.717, 1.165) is 17.7 Å². The highest BCUT2D eigenvalue weighted by molar-refractivity contribution is 7.97. The smallest absolute Gasteiger partial charge is 0.326 e. The van der Waals surface area contributed by atoms with Gasteiger partial charge in [0.1, 0.15) is 6.04 Å². The van der Waals surface area contributed by atoms with Gasteiger partial charge in [-0.05, 0) is 36.8 Å². The SMILES string of the molecule is CSCc1cccc(C(=O)N2CCC[C@@H]2C(=O)O)c1. The van der Waals surface area contributed by atoms with Crippen molar-refractivity contribution in [2.75, 3.05) is 12.8 Å². The molecule has 0 bridgehead atoms. The Kier molecular flexibility index (Phi) is 4.47. The summed E-state index contributed by atoms with van der Waals surface area (Å²) in [6.07, 6.45) is 3.31. The first-order chi connectivity index (χ1) is 9.13. The number of carbonyl (C=O) groups excluding carboxylic acids is 1. The lowest BCUT2D eigenvalue weighted by Gasteiger charge is -2.21. The molecule has 1 atom stereocenters. The van der Waals surface area contributed by atoms with Crippen LogP contribution in [0.1, 0.15) is 28.8 Å². The van der Waals surface area contributed by atoms with Gasteiger partial charge in [-0.1, -0.05) is 12.1 Å². The van der Waals surface area contributed by atoms with Crippen LogP contribution in [0.2, 0.25) is 0 Å². The Morgan fingerprint density at radius 2 is 2.26 bits per heavy atom. The fourth-order valence-electron chi connectivity index (χ4n) is 2.39. The highest BCUT2D eigenvalue weighted by Crippen LogP contribution is 2.21. The van der Waals surface area contributed by atoms with Crippen molar-refractivity contribution in [3.05, 3.63) is 35.4 Å². The molecule has 0 saturated carbocycles. The van der Waals surface area contributed by atoms with Crippen LogP contribution in [-0.4, -0.2) is 40.7 Å². The number of carbonyl (C=O) groups is 2. The van der Waals surface area contributed by atoms with E-state index in [2.05, 4.69) is 0 Å². The number of amides is 1. The number of aliphatic carboxylic acids is 1. The van der Waals surface area contributed by atoms with Crippen LogP contribution >= 0.6 is 11.8 Å². The van der Waals surface area contributed by atoms with Crippen molar-refractivity contribution in [1.29, 1.82) is 0 Å². The first kappa shape index (κ1) is 13.9. The number of nitrogens with zero attached hydrogens (tertiary/aromatic N) is 1. The van der Waals surface area contributed by atoms with Gasteiger partial charge in [0.25, 0.3) is 5.91 Å². The van der Waals surface area contributed by atoms with Crippen LogP contribution in [0.25, 0.3) is 0 Å². The molecule has 0 spiro atoms. The maximum atomic E-state index is 12.4. The fourth-order valence-corrected chi connectivity index (χ4v) is 2.91. The van der Waals surface area contributed by atoms with Crippen molar-refractivity contribution in [2.24, 2.45) is 0 Å². The minimum absolute atomic E-state index is 0.173. The third-order valence-electron chi connectivity index (χ3n) is 3.28. The van der Waals surface area contributed by atoms with Crippen LogP contribution < -0.4 is 0 Å². The van der Waals surface area contributed by atoms with E-state index < -0.39 is 12.0 Å². The molecule has 19 heavy (non-hydrogen) atoms. The second-order valence-electron chi connectivity index (χ2n) is 4.63. The Morgan fingerprint density at radius 1 is 1.47 bits per heavy atom. The van der Waals surface area contributed by atoms with Crippen LogP contribution in [0.4, 0.5) is 0 Å². The molecule has 1 amide bonds. The molecule has 1 heterocycles. The summed E-state index contributed by atoms with van der Waals surface area (Å²) in [5, 5.41) is 9.12. The van der Waals surface area contributed by atoms with Crippen molar-refractivity contribution in [3.63, 3.8) is 0 Å². The topological polar surface area (TPSA) is 57.6 Å². The summed E-state index contributed by atoms with van der Waals surface area (Å²) in [6, 6.07) is 6.77. The lowest BCUT2D eigenvalue weighted by molar-refractivity contribution is -0.141. The van der Waals surface area contributed by atoms with Crippen LogP contribution in [0.5, 0.6) is 0 Å². The van der Waals surface area contributed by atoms with Gasteiger partial charge in [0.05, 0.1) is 0 Å². The number of thioether (sulfide) groups is 1. The quantitative estimate of drug-likeness (QED) is 0.918. The Balaban J connectivity index is 2.19. The van der Waals surface area contributed by atoms with Gasteiger partial charge in [-0.25, -0.2) is 4.79 Å². The lowest BCUT2D eigenvalue weighted by atomic mass is 10.1. The molecule has 1 aromatic carbocycles. The summed E-state index contributed by atoms with van der Waals surface area (Å²) in [5.41, 5.74) is 1.67. The summed E-state index contributed by atoms with van der Waals surface area (Å²) in [7, 11) is 0. The summed E-state index contributed by atoms with van der Waals surface area (Å²) in [4.78, 5) is 25.0. The molecule has 4 nitrogen and oxygen atoms in total. The van der Waals surface area contributed by atoms with E-state index >= 15 is 0 Å². The standard InChI is InChI=1S/C14H17NO3S/c1-19-9-10-4-2-5-11(8-10)13(16)15-7-3-6-12(15)14(17)18/h2,4-5,8,12H,3,6-7,9H2,1H3,(H,17,18)/t12-/m1/s1. The third-order valence-corrected chi connectivity index (χ3v) is 3.91. The predicted octanol–water partition coefficient (Wildman–Crippen LogP) is 2.24. The molecule has 0 aliphatic carbocycles. The maximum Gasteiger partial charge on any atom is 0.326 e. The number of carboxylic acids is 1. The molecule has 1 N–H and O–H groups in total. The zero-order valence-corrected chi connectivity index (χ0v) is 11.7. The van der Waals surface area contributed by atoms with Gasteiger partial charge in [-0.2, -0.15) is 11.8 Å². The molecule has 1 aliphatic rings. The molecule has 0 radical (unpaired) electrons. The number of benzene rings is 1. The number of likely N-dealkylation sites (tertiary alicyclic amines) is 1. The average molecular weight is 279 g/mol. The van der Waals surface area contributed by atoms with Crippen molar-refractivity contribution >= 4 is 23.6 Å². The molecule has 0 unspecified atom stereocenters. The van der Waals surface area contributed by atoms with E-state index in [4.69, 9.17) is 5.11 Å². The summed E-state index contributed by atoms with van der Waals surface area (Å²) < 4.78 is 0. The molecule has 1 fully saturated rings. The van der Waals surface area contributed by atoms with Gasteiger partial charge in [-0.15, -0.1) is 0 Å². The Morgan fingerprint density at radius 3 is 2.95 bits per heavy atom. The highest BCUT2D eigenvalue weighted by atomic mass is 32.2. The number of hydrogen-bond donors (Lipinski definition) is 1. The molecule has 1 saturated heterocycles. The largest absolute Gasteiger partial charge is 0.480 e. The average Bonchev–Trinajstić information content (AvgIpc) is 2.88. The van der Waals surface area contributed by atoms with Gasteiger partial charge >= 0.3 is 5.97 Å². The van der Waals surface area contributed by atoms with Crippen molar-refractivity contribution < 1.29 is 14.7 Å². The highest BCUT2D eigenvalue weighted by Gasteiger charge is 2.34. The van der Waals surface area contributed by atoms with E-state index in [-0.39, 0.29) is 5.91 Å². The first-order valence-electron chi connectivity index (χ1n) is 6.25. The third kappa shape index (κ3) is 3.10. The van der Waals surface area contributed by atoms with Crippen molar-refractivity contribution in [1.82, 2.24) is 4.90 Å². The minimum Gasteiger partial charge on any atom is -0.480 e. The van der Waals surface area contributed by atoms with E-state index in [0.29, 0.717) is 18.5 Å². The molecule has 2 rings (SSSR count). The maximum absolute atomic E-state index is 12.4. The molecular formula is C14H17NO3S. The second kappa shape index (κ2) is 6.10. The Bertz CT molecular complexity index is 489. The van der Waals surface area contributed by atoms with E-state index in [1.54, 1.807) is 17.8 Å². The summed E-state index contributed by atoms with van der Waals surface area (Å²) in [5.74, 6) is -0.234. The van der Waals surface area contributed by atoms with Crippen LogP contribution in [-0.2, 0) is 10.5 Å². The van der Waals surface area contributed by atoms with Gasteiger partial charge < -0.3 is 10.0 Å². The van der Waals surface area contributed by atoms with Gasteiger partial charge in [0.2, 0.25) is 0 Å². The van der Waals surface area contributed by atoms with Crippen LogP contribution in [0.3, 0.4) is 0 Å². The zero-order valence-electron chi connectivity index (χ0n) is 10.8. The molecule has 1 aromatic rings. The van der Waals surface area contributed by atoms with Crippen molar-refractivity contribution in [3.8, 4) is 0 Å². The Hall–Kier alpha value is -1.49. The van der Waals surface area contributed by atoms with Gasteiger partial charge in [0, 0.05) is 17.9 Å². The fraction of sp³-hybridized carbons (Fsp3) is 0.429. The van der Waals surface area contributed by atoms with Gasteiger partial charge in [0.15, 0.2) is 0 Å². The number of rotatable bonds is 4. The second-order valence-corrected chi connectivity index (χ2v) is 5.49. The van der Waals surface area contributed by atoms with E-state index in [1.807, 2.05) is 24.5 Å². The predicted molar refractivity (Wildman–Crippen MR) is 75.4 cm³/mol. The molecule has 1 aliphatic heterocycles.